The summed E-state index contributed by atoms with van der Waals surface area (Å²) in [6.45, 7) is 4.99. The lowest BCUT2D eigenvalue weighted by Crippen LogP contribution is -2.39. The number of nitrogens with zero attached hydrogens (tertiary/aromatic N) is 1. The third kappa shape index (κ3) is 3.58. The van der Waals surface area contributed by atoms with E-state index in [0.29, 0.717) is 0 Å². The van der Waals surface area contributed by atoms with Gasteiger partial charge < -0.3 is 10.2 Å². The Morgan fingerprint density at radius 1 is 1.56 bits per heavy atom. The summed E-state index contributed by atoms with van der Waals surface area (Å²) in [4.78, 5) is 4.15. The lowest BCUT2D eigenvalue weighted by atomic mass is 9.98. The van der Waals surface area contributed by atoms with E-state index in [1.807, 2.05) is 11.3 Å². The molecule has 1 fully saturated rings. The van der Waals surface area contributed by atoms with Crippen molar-refractivity contribution in [2.24, 2.45) is 5.92 Å². The maximum Gasteiger partial charge on any atom is 0.00579 e. The zero-order valence-electron chi connectivity index (χ0n) is 10.1. The Morgan fingerprint density at radius 3 is 3.25 bits per heavy atom. The third-order valence-electron chi connectivity index (χ3n) is 3.35. The summed E-state index contributed by atoms with van der Waals surface area (Å²) < 4.78 is 0. The number of nitrogens with one attached hydrogen (secondary N) is 1. The zero-order chi connectivity index (χ0) is 11.2. The predicted octanol–water partition coefficient (Wildman–Crippen LogP) is 2.22. The first kappa shape index (κ1) is 12.1. The molecule has 3 heteroatoms. The fourth-order valence-electron chi connectivity index (χ4n) is 2.53. The summed E-state index contributed by atoms with van der Waals surface area (Å²) in [5.41, 5.74) is 0. The Bertz CT molecular complexity index is 282. The van der Waals surface area contributed by atoms with Crippen LogP contribution in [0, 0.1) is 5.92 Å². The molecule has 0 amide bonds. The molecule has 1 aliphatic rings. The summed E-state index contributed by atoms with van der Waals surface area (Å²) in [5, 5.41) is 5.48. The van der Waals surface area contributed by atoms with E-state index in [-0.39, 0.29) is 0 Å². The van der Waals surface area contributed by atoms with Crippen LogP contribution in [0.25, 0.3) is 0 Å². The molecule has 1 unspecified atom stereocenters. The van der Waals surface area contributed by atoms with Crippen molar-refractivity contribution in [2.75, 3.05) is 33.2 Å². The molecule has 90 valence electrons. The van der Waals surface area contributed by atoms with Gasteiger partial charge in [-0.1, -0.05) is 6.07 Å². The van der Waals surface area contributed by atoms with Gasteiger partial charge in [-0.2, -0.15) is 0 Å². The fourth-order valence-corrected chi connectivity index (χ4v) is 3.23. The first-order chi connectivity index (χ1) is 7.88. The molecule has 1 aromatic heterocycles. The van der Waals surface area contributed by atoms with Gasteiger partial charge in [0, 0.05) is 18.0 Å². The minimum absolute atomic E-state index is 0.863. The average Bonchev–Trinajstić information content (AvgIpc) is 2.80. The standard InChI is InChI=1S/C13H22N2S/c1-14-10-12-4-2-7-15(11-12)8-6-13-5-3-9-16-13/h3,5,9,12,14H,2,4,6-8,10-11H2,1H3. The number of rotatable bonds is 5. The van der Waals surface area contributed by atoms with E-state index in [9.17, 15) is 0 Å². The molecule has 2 heterocycles. The van der Waals surface area contributed by atoms with Gasteiger partial charge in [-0.3, -0.25) is 0 Å². The van der Waals surface area contributed by atoms with Gasteiger partial charge >= 0.3 is 0 Å². The maximum absolute atomic E-state index is 3.30. The largest absolute Gasteiger partial charge is 0.319 e. The lowest BCUT2D eigenvalue weighted by Gasteiger charge is -2.32. The highest BCUT2D eigenvalue weighted by Gasteiger charge is 2.18. The molecule has 1 saturated heterocycles. The van der Waals surface area contributed by atoms with Gasteiger partial charge in [-0.15, -0.1) is 11.3 Å². The van der Waals surface area contributed by atoms with Crippen LogP contribution in [0.2, 0.25) is 0 Å². The lowest BCUT2D eigenvalue weighted by molar-refractivity contribution is 0.176. The van der Waals surface area contributed by atoms with E-state index in [1.54, 1.807) is 0 Å². The van der Waals surface area contributed by atoms with E-state index in [0.717, 1.165) is 5.92 Å². The summed E-state index contributed by atoms with van der Waals surface area (Å²) in [7, 11) is 2.06. The molecule has 0 aromatic carbocycles. The summed E-state index contributed by atoms with van der Waals surface area (Å²) in [6.07, 6.45) is 4.00. The van der Waals surface area contributed by atoms with Gasteiger partial charge in [0.25, 0.3) is 0 Å². The highest BCUT2D eigenvalue weighted by Crippen LogP contribution is 2.17. The first-order valence-electron chi connectivity index (χ1n) is 6.28. The van der Waals surface area contributed by atoms with E-state index >= 15 is 0 Å². The Hall–Kier alpha value is -0.380. The second kappa shape index (κ2) is 6.38. The van der Waals surface area contributed by atoms with Crippen LogP contribution in [-0.2, 0) is 6.42 Å². The molecule has 0 bridgehead atoms. The molecule has 1 aliphatic heterocycles. The molecular weight excluding hydrogens is 216 g/mol. The topological polar surface area (TPSA) is 15.3 Å². The molecule has 0 spiro atoms. The summed E-state index contributed by atoms with van der Waals surface area (Å²) in [5.74, 6) is 0.863. The number of piperidine rings is 1. The smallest absolute Gasteiger partial charge is 0.00579 e. The molecular formula is C13H22N2S. The van der Waals surface area contributed by atoms with Crippen LogP contribution in [0.4, 0.5) is 0 Å². The molecule has 0 radical (unpaired) electrons. The van der Waals surface area contributed by atoms with Crippen molar-refractivity contribution in [2.45, 2.75) is 19.3 Å². The van der Waals surface area contributed by atoms with Gasteiger partial charge in [0.2, 0.25) is 0 Å². The predicted molar refractivity (Wildman–Crippen MR) is 71.1 cm³/mol. The fraction of sp³-hybridized carbons (Fsp3) is 0.692. The van der Waals surface area contributed by atoms with Gasteiger partial charge in [0.05, 0.1) is 0 Å². The summed E-state index contributed by atoms with van der Waals surface area (Å²) in [6, 6.07) is 4.40. The van der Waals surface area contributed by atoms with Gasteiger partial charge in [0.1, 0.15) is 0 Å². The molecule has 1 aromatic rings. The van der Waals surface area contributed by atoms with Gasteiger partial charge in [-0.25, -0.2) is 0 Å². The normalized spacial score (nSPS) is 22.4. The van der Waals surface area contributed by atoms with Crippen molar-refractivity contribution in [3.63, 3.8) is 0 Å². The van der Waals surface area contributed by atoms with E-state index in [2.05, 4.69) is 34.8 Å². The zero-order valence-corrected chi connectivity index (χ0v) is 10.9. The van der Waals surface area contributed by atoms with Crippen molar-refractivity contribution < 1.29 is 0 Å². The van der Waals surface area contributed by atoms with Crippen molar-refractivity contribution in [3.8, 4) is 0 Å². The van der Waals surface area contributed by atoms with Crippen molar-refractivity contribution in [1.29, 1.82) is 0 Å². The van der Waals surface area contributed by atoms with Crippen molar-refractivity contribution in [1.82, 2.24) is 10.2 Å². The summed E-state index contributed by atoms with van der Waals surface area (Å²) >= 11 is 1.88. The van der Waals surface area contributed by atoms with Gasteiger partial charge in [-0.05, 0) is 56.8 Å². The number of hydrogen-bond acceptors (Lipinski definition) is 3. The highest BCUT2D eigenvalue weighted by molar-refractivity contribution is 7.09. The SMILES string of the molecule is CNCC1CCCN(CCc2cccs2)C1. The van der Waals surface area contributed by atoms with Crippen molar-refractivity contribution in [3.05, 3.63) is 22.4 Å². The molecule has 2 rings (SSSR count). The van der Waals surface area contributed by atoms with Crippen LogP contribution in [0.5, 0.6) is 0 Å². The third-order valence-corrected chi connectivity index (χ3v) is 4.29. The van der Waals surface area contributed by atoms with Crippen LogP contribution in [-0.4, -0.2) is 38.1 Å². The maximum atomic E-state index is 3.30. The Labute approximate surface area is 103 Å². The quantitative estimate of drug-likeness (QED) is 0.846. The molecule has 0 aliphatic carbocycles. The molecule has 0 saturated carbocycles. The highest BCUT2D eigenvalue weighted by atomic mass is 32.1. The van der Waals surface area contributed by atoms with Crippen LogP contribution in [0.3, 0.4) is 0 Å². The molecule has 2 nitrogen and oxygen atoms in total. The van der Waals surface area contributed by atoms with Crippen molar-refractivity contribution >= 4 is 11.3 Å². The van der Waals surface area contributed by atoms with Crippen LogP contribution in [0.15, 0.2) is 17.5 Å². The van der Waals surface area contributed by atoms with E-state index < -0.39 is 0 Å². The van der Waals surface area contributed by atoms with Crippen LogP contribution >= 0.6 is 11.3 Å². The van der Waals surface area contributed by atoms with Crippen LogP contribution < -0.4 is 5.32 Å². The Kier molecular flexibility index (Phi) is 4.82. The monoisotopic (exact) mass is 238 g/mol. The number of likely N-dealkylation sites (tertiary alicyclic amines) is 1. The minimum Gasteiger partial charge on any atom is -0.319 e. The Balaban J connectivity index is 1.72. The number of thiophene rings is 1. The van der Waals surface area contributed by atoms with E-state index in [1.165, 1.54) is 50.3 Å². The van der Waals surface area contributed by atoms with Gasteiger partial charge in [0.15, 0.2) is 0 Å². The van der Waals surface area contributed by atoms with E-state index in [4.69, 9.17) is 0 Å². The van der Waals surface area contributed by atoms with Crippen LogP contribution in [0.1, 0.15) is 17.7 Å². The second-order valence-electron chi connectivity index (χ2n) is 4.70. The second-order valence-corrected chi connectivity index (χ2v) is 5.73. The number of hydrogen-bond donors (Lipinski definition) is 1. The average molecular weight is 238 g/mol. The Morgan fingerprint density at radius 2 is 2.50 bits per heavy atom. The minimum atomic E-state index is 0.863. The molecule has 1 atom stereocenters. The molecule has 16 heavy (non-hydrogen) atoms. The first-order valence-corrected chi connectivity index (χ1v) is 7.16. The molecule has 1 N–H and O–H groups in total.